The van der Waals surface area contributed by atoms with Crippen LogP contribution in [0.3, 0.4) is 0 Å². The van der Waals surface area contributed by atoms with Crippen molar-refractivity contribution < 1.29 is 9.66 Å². The molecule has 0 N–H and O–H groups in total. The summed E-state index contributed by atoms with van der Waals surface area (Å²) in [7, 11) is 0. The highest BCUT2D eigenvalue weighted by Gasteiger charge is 2.20. The molecule has 0 aliphatic heterocycles. The maximum atomic E-state index is 10.9. The predicted octanol–water partition coefficient (Wildman–Crippen LogP) is 4.10. The molecule has 0 amide bonds. The summed E-state index contributed by atoms with van der Waals surface area (Å²) in [5.41, 5.74) is 1.11. The minimum Gasteiger partial charge on any atom is -0.433 e. The smallest absolute Gasteiger partial charge is 0.349 e. The fraction of sp³-hybridized carbons (Fsp3) is 0.167. The van der Waals surface area contributed by atoms with Crippen LogP contribution in [0.25, 0.3) is 0 Å². The molecule has 2 aromatic rings. The zero-order valence-corrected chi connectivity index (χ0v) is 12.1. The highest BCUT2D eigenvalue weighted by atomic mass is 35.5. The Labute approximate surface area is 124 Å². The number of benzene rings is 1. The van der Waals surface area contributed by atoms with E-state index in [2.05, 4.69) is 9.97 Å². The van der Waals surface area contributed by atoms with Crippen LogP contribution in [-0.4, -0.2) is 14.9 Å². The van der Waals surface area contributed by atoms with Crippen LogP contribution in [0.4, 0.5) is 5.69 Å². The number of nitrogens with zero attached hydrogens (tertiary/aromatic N) is 3. The number of hydrogen-bond acceptors (Lipinski definition) is 5. The molecule has 0 bridgehead atoms. The number of aromatic nitrogens is 2. The molecule has 20 heavy (non-hydrogen) atoms. The summed E-state index contributed by atoms with van der Waals surface area (Å²) in [5.74, 6) is 0.246. The Morgan fingerprint density at radius 2 is 1.85 bits per heavy atom. The van der Waals surface area contributed by atoms with E-state index in [0.717, 1.165) is 17.3 Å². The van der Waals surface area contributed by atoms with Crippen molar-refractivity contribution in [3.63, 3.8) is 0 Å². The quantitative estimate of drug-likeness (QED) is 0.484. The van der Waals surface area contributed by atoms with Gasteiger partial charge in [-0.15, -0.1) is 0 Å². The van der Waals surface area contributed by atoms with E-state index in [4.69, 9.17) is 27.9 Å². The van der Waals surface area contributed by atoms with Crippen molar-refractivity contribution in [1.29, 1.82) is 0 Å². The van der Waals surface area contributed by atoms with Crippen molar-refractivity contribution in [2.75, 3.05) is 0 Å². The molecule has 0 aliphatic rings. The second kappa shape index (κ2) is 5.60. The van der Waals surface area contributed by atoms with Crippen molar-refractivity contribution >= 4 is 28.9 Å². The maximum Gasteiger partial charge on any atom is 0.349 e. The van der Waals surface area contributed by atoms with E-state index in [9.17, 15) is 10.1 Å². The molecular weight excluding hydrogens is 305 g/mol. The van der Waals surface area contributed by atoms with Gasteiger partial charge in [-0.2, -0.15) is 4.98 Å². The van der Waals surface area contributed by atoms with Crippen molar-refractivity contribution in [3.8, 4) is 11.6 Å². The molecule has 8 heteroatoms. The van der Waals surface area contributed by atoms with E-state index in [0.29, 0.717) is 10.8 Å². The van der Waals surface area contributed by atoms with E-state index in [-0.39, 0.29) is 16.9 Å². The zero-order valence-electron chi connectivity index (χ0n) is 10.6. The standard InChI is InChI=1S/C12H9Cl2N3O3/c1-6-3-8(13)4-7(2)10(6)20-11-9(17(18)19)5-15-12(14)16-11/h3-5H,1-2H3. The molecule has 0 saturated heterocycles. The summed E-state index contributed by atoms with van der Waals surface area (Å²) in [4.78, 5) is 17.6. The molecule has 1 aromatic heterocycles. The molecule has 0 radical (unpaired) electrons. The minimum absolute atomic E-state index is 0.130. The van der Waals surface area contributed by atoms with Gasteiger partial charge in [-0.05, 0) is 48.7 Å². The van der Waals surface area contributed by atoms with Gasteiger partial charge in [-0.25, -0.2) is 4.98 Å². The molecule has 1 aromatic carbocycles. The first-order chi connectivity index (χ1) is 9.38. The van der Waals surface area contributed by atoms with Crippen molar-refractivity contribution in [3.05, 3.63) is 49.9 Å². The molecule has 0 atom stereocenters. The summed E-state index contributed by atoms with van der Waals surface area (Å²) in [6.45, 7) is 3.56. The maximum absolute atomic E-state index is 10.9. The Balaban J connectivity index is 2.50. The van der Waals surface area contributed by atoms with E-state index in [1.54, 1.807) is 26.0 Å². The van der Waals surface area contributed by atoms with Gasteiger partial charge in [0.15, 0.2) is 0 Å². The summed E-state index contributed by atoms with van der Waals surface area (Å²) in [6, 6.07) is 3.39. The Kier molecular flexibility index (Phi) is 4.06. The van der Waals surface area contributed by atoms with Gasteiger partial charge in [0.05, 0.1) is 4.92 Å². The van der Waals surface area contributed by atoms with Gasteiger partial charge < -0.3 is 4.74 Å². The number of ether oxygens (including phenoxy) is 1. The second-order valence-electron chi connectivity index (χ2n) is 4.06. The fourth-order valence-corrected chi connectivity index (χ4v) is 2.15. The van der Waals surface area contributed by atoms with E-state index in [1.165, 1.54) is 0 Å². The van der Waals surface area contributed by atoms with Gasteiger partial charge in [-0.1, -0.05) is 11.6 Å². The Morgan fingerprint density at radius 1 is 1.25 bits per heavy atom. The van der Waals surface area contributed by atoms with Crippen LogP contribution in [0, 0.1) is 24.0 Å². The van der Waals surface area contributed by atoms with Gasteiger partial charge >= 0.3 is 11.6 Å². The van der Waals surface area contributed by atoms with Gasteiger partial charge in [0.25, 0.3) is 0 Å². The van der Waals surface area contributed by atoms with Crippen molar-refractivity contribution in [2.24, 2.45) is 0 Å². The third-order valence-corrected chi connectivity index (χ3v) is 2.93. The van der Waals surface area contributed by atoms with Crippen LogP contribution in [0.2, 0.25) is 10.3 Å². The lowest BCUT2D eigenvalue weighted by Gasteiger charge is -2.11. The van der Waals surface area contributed by atoms with E-state index < -0.39 is 4.92 Å². The Bertz CT molecular complexity index is 669. The normalized spacial score (nSPS) is 10.4. The summed E-state index contributed by atoms with van der Waals surface area (Å²) >= 11 is 11.6. The third-order valence-electron chi connectivity index (χ3n) is 2.53. The zero-order chi connectivity index (χ0) is 14.9. The first-order valence-electron chi connectivity index (χ1n) is 5.50. The monoisotopic (exact) mass is 313 g/mol. The largest absolute Gasteiger partial charge is 0.433 e. The molecule has 0 fully saturated rings. The Morgan fingerprint density at radius 3 is 2.40 bits per heavy atom. The van der Waals surface area contributed by atoms with Crippen molar-refractivity contribution in [2.45, 2.75) is 13.8 Å². The van der Waals surface area contributed by atoms with Crippen LogP contribution in [0.15, 0.2) is 18.3 Å². The molecule has 0 spiro atoms. The lowest BCUT2D eigenvalue weighted by atomic mass is 10.1. The SMILES string of the molecule is Cc1cc(Cl)cc(C)c1Oc1nc(Cl)ncc1[N+](=O)[O-]. The fourth-order valence-electron chi connectivity index (χ4n) is 1.69. The molecule has 6 nitrogen and oxygen atoms in total. The molecule has 104 valence electrons. The molecular formula is C12H9Cl2N3O3. The van der Waals surface area contributed by atoms with E-state index in [1.807, 2.05) is 0 Å². The van der Waals surface area contributed by atoms with Crippen LogP contribution >= 0.6 is 23.2 Å². The van der Waals surface area contributed by atoms with Gasteiger partial charge in [-0.3, -0.25) is 10.1 Å². The predicted molar refractivity (Wildman–Crippen MR) is 74.7 cm³/mol. The first-order valence-corrected chi connectivity index (χ1v) is 6.25. The van der Waals surface area contributed by atoms with Crippen molar-refractivity contribution in [1.82, 2.24) is 9.97 Å². The molecule has 2 rings (SSSR count). The van der Waals surface area contributed by atoms with Gasteiger partial charge in [0, 0.05) is 5.02 Å². The lowest BCUT2D eigenvalue weighted by Crippen LogP contribution is -2.00. The first kappa shape index (κ1) is 14.5. The topological polar surface area (TPSA) is 78.2 Å². The summed E-state index contributed by atoms with van der Waals surface area (Å²) in [5, 5.41) is 11.4. The Hall–Kier alpha value is -1.92. The summed E-state index contributed by atoms with van der Waals surface area (Å²) < 4.78 is 5.53. The number of aryl methyl sites for hydroxylation is 2. The van der Waals surface area contributed by atoms with Crippen LogP contribution < -0.4 is 4.74 Å². The number of nitro groups is 1. The minimum atomic E-state index is -0.633. The van der Waals surface area contributed by atoms with Crippen LogP contribution in [0.1, 0.15) is 11.1 Å². The van der Waals surface area contributed by atoms with Gasteiger partial charge in [0.1, 0.15) is 11.9 Å². The lowest BCUT2D eigenvalue weighted by molar-refractivity contribution is -0.386. The second-order valence-corrected chi connectivity index (χ2v) is 4.83. The summed E-state index contributed by atoms with van der Waals surface area (Å²) in [6.07, 6.45) is 1.01. The number of hydrogen-bond donors (Lipinski definition) is 0. The molecule has 0 aliphatic carbocycles. The van der Waals surface area contributed by atoms with Crippen LogP contribution in [0.5, 0.6) is 11.6 Å². The highest BCUT2D eigenvalue weighted by molar-refractivity contribution is 6.30. The average Bonchev–Trinajstić information content (AvgIpc) is 2.33. The number of halogens is 2. The third kappa shape index (κ3) is 2.97. The molecule has 0 unspecified atom stereocenters. The van der Waals surface area contributed by atoms with Crippen LogP contribution in [-0.2, 0) is 0 Å². The van der Waals surface area contributed by atoms with E-state index >= 15 is 0 Å². The molecule has 1 heterocycles. The average molecular weight is 314 g/mol. The highest BCUT2D eigenvalue weighted by Crippen LogP contribution is 2.34. The molecule has 0 saturated carbocycles. The number of rotatable bonds is 3. The van der Waals surface area contributed by atoms with Gasteiger partial charge in [0.2, 0.25) is 5.28 Å².